The quantitative estimate of drug-likeness (QED) is 0.874. The average Bonchev–Trinajstić information content (AvgIpc) is 2.84. The Morgan fingerprint density at radius 3 is 2.53 bits per heavy atom. The molecule has 0 aromatic carbocycles. The molecule has 0 spiro atoms. The Balaban J connectivity index is 2.21. The number of rotatable bonds is 4. The molecule has 1 fully saturated rings. The molecule has 0 bridgehead atoms. The van der Waals surface area contributed by atoms with E-state index < -0.39 is 0 Å². The molecule has 1 aromatic rings. The van der Waals surface area contributed by atoms with Gasteiger partial charge >= 0.3 is 0 Å². The zero-order valence-electron chi connectivity index (χ0n) is 11.2. The molecular weight excluding hydrogens is 212 g/mol. The first-order valence-electron chi connectivity index (χ1n) is 6.76. The van der Waals surface area contributed by atoms with Gasteiger partial charge in [0, 0.05) is 6.04 Å². The molecule has 0 saturated heterocycles. The normalized spacial score (nSPS) is 19.1. The highest BCUT2D eigenvalue weighted by molar-refractivity contribution is 5.03. The predicted octanol–water partition coefficient (Wildman–Crippen LogP) is 2.75. The lowest BCUT2D eigenvalue weighted by Gasteiger charge is -2.20. The second-order valence-corrected chi connectivity index (χ2v) is 5.65. The summed E-state index contributed by atoms with van der Waals surface area (Å²) < 4.78 is 2.29. The molecule has 0 amide bonds. The Morgan fingerprint density at radius 1 is 1.29 bits per heavy atom. The summed E-state index contributed by atoms with van der Waals surface area (Å²) in [4.78, 5) is 0. The molecule has 0 unspecified atom stereocenters. The van der Waals surface area contributed by atoms with Gasteiger partial charge in [-0.3, -0.25) is 0 Å². The third kappa shape index (κ3) is 2.68. The van der Waals surface area contributed by atoms with Crippen molar-refractivity contribution in [1.29, 1.82) is 0 Å². The van der Waals surface area contributed by atoms with E-state index in [9.17, 15) is 0 Å². The largest absolute Gasteiger partial charge is 0.321 e. The van der Waals surface area contributed by atoms with Crippen molar-refractivity contribution in [3.05, 3.63) is 11.6 Å². The first-order valence-corrected chi connectivity index (χ1v) is 6.76. The lowest BCUT2D eigenvalue weighted by atomic mass is 10.0. The van der Waals surface area contributed by atoms with E-state index in [0.717, 1.165) is 18.1 Å². The van der Waals surface area contributed by atoms with Gasteiger partial charge in [0.25, 0.3) is 0 Å². The van der Waals surface area contributed by atoms with E-state index in [1.54, 1.807) is 0 Å². The third-order valence-corrected chi connectivity index (χ3v) is 3.64. The van der Waals surface area contributed by atoms with Gasteiger partial charge in [0.2, 0.25) is 0 Å². The number of nitrogens with two attached hydrogens (primary N) is 1. The Morgan fingerprint density at radius 2 is 1.94 bits per heavy atom. The molecule has 1 aliphatic carbocycles. The Bertz CT molecular complexity index is 363. The Hall–Kier alpha value is -0.900. The van der Waals surface area contributed by atoms with Crippen LogP contribution in [0.15, 0.2) is 0 Å². The fourth-order valence-corrected chi connectivity index (χ4v) is 2.87. The molecule has 4 heteroatoms. The van der Waals surface area contributed by atoms with Crippen molar-refractivity contribution in [3.8, 4) is 0 Å². The summed E-state index contributed by atoms with van der Waals surface area (Å²) in [5, 5.41) is 8.52. The first-order chi connectivity index (χ1) is 8.09. The topological polar surface area (TPSA) is 56.7 Å². The van der Waals surface area contributed by atoms with Crippen LogP contribution in [0.1, 0.15) is 69.7 Å². The van der Waals surface area contributed by atoms with Crippen LogP contribution in [0, 0.1) is 12.8 Å². The monoisotopic (exact) mass is 236 g/mol. The van der Waals surface area contributed by atoms with Crippen LogP contribution in [-0.2, 0) is 0 Å². The van der Waals surface area contributed by atoms with Crippen LogP contribution in [-0.4, -0.2) is 14.8 Å². The van der Waals surface area contributed by atoms with Crippen molar-refractivity contribution in [3.63, 3.8) is 0 Å². The molecule has 0 aliphatic heterocycles. The van der Waals surface area contributed by atoms with Gasteiger partial charge in [0.1, 0.15) is 11.6 Å². The molecule has 0 radical (unpaired) electrons. The van der Waals surface area contributed by atoms with E-state index in [1.807, 2.05) is 6.92 Å². The standard InChI is InChI=1S/C13H24N4/c1-9(2)8-12(14)13-16-15-10(3)17(13)11-6-4-5-7-11/h9,11-12H,4-8,14H2,1-3H3/t12-/m0/s1. The van der Waals surface area contributed by atoms with Crippen LogP contribution in [0.2, 0.25) is 0 Å². The number of hydrogen-bond acceptors (Lipinski definition) is 3. The number of hydrogen-bond donors (Lipinski definition) is 1. The average molecular weight is 236 g/mol. The maximum absolute atomic E-state index is 6.25. The lowest BCUT2D eigenvalue weighted by molar-refractivity contribution is 0.432. The molecule has 1 saturated carbocycles. The maximum Gasteiger partial charge on any atom is 0.150 e. The lowest BCUT2D eigenvalue weighted by Crippen LogP contribution is -2.21. The van der Waals surface area contributed by atoms with E-state index in [0.29, 0.717) is 12.0 Å². The number of nitrogens with zero attached hydrogens (tertiary/aromatic N) is 3. The van der Waals surface area contributed by atoms with E-state index in [1.165, 1.54) is 25.7 Å². The second-order valence-electron chi connectivity index (χ2n) is 5.65. The first kappa shape index (κ1) is 12.6. The Kier molecular flexibility index (Phi) is 3.82. The zero-order valence-corrected chi connectivity index (χ0v) is 11.2. The van der Waals surface area contributed by atoms with Gasteiger partial charge in [-0.25, -0.2) is 0 Å². The third-order valence-electron chi connectivity index (χ3n) is 3.64. The summed E-state index contributed by atoms with van der Waals surface area (Å²) in [5.74, 6) is 2.60. The van der Waals surface area contributed by atoms with Crippen molar-refractivity contribution < 1.29 is 0 Å². The summed E-state index contributed by atoms with van der Waals surface area (Å²) in [7, 11) is 0. The minimum Gasteiger partial charge on any atom is -0.321 e. The SMILES string of the molecule is Cc1nnc([C@@H](N)CC(C)C)n1C1CCCC1. The van der Waals surface area contributed by atoms with Crippen molar-refractivity contribution in [2.24, 2.45) is 11.7 Å². The fraction of sp³-hybridized carbons (Fsp3) is 0.846. The fourth-order valence-electron chi connectivity index (χ4n) is 2.87. The molecule has 1 aromatic heterocycles. The maximum atomic E-state index is 6.25. The van der Waals surface area contributed by atoms with E-state index in [4.69, 9.17) is 5.73 Å². The van der Waals surface area contributed by atoms with Crippen LogP contribution in [0.4, 0.5) is 0 Å². The molecule has 96 valence electrons. The van der Waals surface area contributed by atoms with E-state index in [-0.39, 0.29) is 6.04 Å². The van der Waals surface area contributed by atoms with Crippen molar-refractivity contribution in [2.75, 3.05) is 0 Å². The van der Waals surface area contributed by atoms with E-state index >= 15 is 0 Å². The minimum atomic E-state index is 0.0248. The molecule has 1 atom stereocenters. The predicted molar refractivity (Wildman–Crippen MR) is 68.6 cm³/mol. The molecule has 2 rings (SSSR count). The van der Waals surface area contributed by atoms with Crippen LogP contribution < -0.4 is 5.73 Å². The van der Waals surface area contributed by atoms with Gasteiger partial charge in [-0.1, -0.05) is 26.7 Å². The van der Waals surface area contributed by atoms with Gasteiger partial charge in [0.15, 0.2) is 0 Å². The van der Waals surface area contributed by atoms with Gasteiger partial charge in [0.05, 0.1) is 6.04 Å². The molecule has 1 aliphatic rings. The summed E-state index contributed by atoms with van der Waals surface area (Å²) in [6, 6.07) is 0.606. The summed E-state index contributed by atoms with van der Waals surface area (Å²) >= 11 is 0. The van der Waals surface area contributed by atoms with Crippen LogP contribution in [0.5, 0.6) is 0 Å². The second kappa shape index (κ2) is 5.17. The molecular formula is C13H24N4. The highest BCUT2D eigenvalue weighted by atomic mass is 15.3. The van der Waals surface area contributed by atoms with Gasteiger partial charge in [-0.15, -0.1) is 10.2 Å². The van der Waals surface area contributed by atoms with E-state index in [2.05, 4.69) is 28.6 Å². The van der Waals surface area contributed by atoms with Crippen LogP contribution in [0.3, 0.4) is 0 Å². The van der Waals surface area contributed by atoms with Crippen molar-refractivity contribution >= 4 is 0 Å². The summed E-state index contributed by atoms with van der Waals surface area (Å²) in [6.07, 6.45) is 6.12. The summed E-state index contributed by atoms with van der Waals surface area (Å²) in [6.45, 7) is 6.43. The minimum absolute atomic E-state index is 0.0248. The highest BCUT2D eigenvalue weighted by Crippen LogP contribution is 2.32. The van der Waals surface area contributed by atoms with Crippen molar-refractivity contribution in [2.45, 2.75) is 65.0 Å². The molecule has 2 N–H and O–H groups in total. The van der Waals surface area contributed by atoms with Crippen LogP contribution in [0.25, 0.3) is 0 Å². The van der Waals surface area contributed by atoms with Gasteiger partial charge < -0.3 is 10.3 Å². The number of aryl methyl sites for hydroxylation is 1. The zero-order chi connectivity index (χ0) is 12.4. The smallest absolute Gasteiger partial charge is 0.150 e. The van der Waals surface area contributed by atoms with Crippen molar-refractivity contribution in [1.82, 2.24) is 14.8 Å². The molecule has 4 nitrogen and oxygen atoms in total. The summed E-state index contributed by atoms with van der Waals surface area (Å²) in [5.41, 5.74) is 6.25. The van der Waals surface area contributed by atoms with Gasteiger partial charge in [-0.05, 0) is 32.1 Å². The van der Waals surface area contributed by atoms with Crippen LogP contribution >= 0.6 is 0 Å². The number of aromatic nitrogens is 3. The van der Waals surface area contributed by atoms with Gasteiger partial charge in [-0.2, -0.15) is 0 Å². The Labute approximate surface area is 104 Å². The molecule has 17 heavy (non-hydrogen) atoms. The highest BCUT2D eigenvalue weighted by Gasteiger charge is 2.25. The molecule has 1 heterocycles.